The van der Waals surface area contributed by atoms with Crippen molar-refractivity contribution in [2.75, 3.05) is 26.0 Å². The first-order chi connectivity index (χ1) is 11.5. The molecule has 0 bridgehead atoms. The molecule has 0 spiro atoms. The molecule has 2 aromatic rings. The summed E-state index contributed by atoms with van der Waals surface area (Å²) in [6.07, 6.45) is 0. The van der Waals surface area contributed by atoms with Crippen LogP contribution in [0.2, 0.25) is 0 Å². The number of rotatable bonds is 3. The van der Waals surface area contributed by atoms with Crippen LogP contribution in [0.15, 0.2) is 30.3 Å². The van der Waals surface area contributed by atoms with Gasteiger partial charge in [-0.25, -0.2) is 4.98 Å². The van der Waals surface area contributed by atoms with Gasteiger partial charge in [-0.05, 0) is 18.6 Å². The number of methoxy groups -OCH3 is 1. The van der Waals surface area contributed by atoms with Crippen LogP contribution in [0, 0.1) is 6.92 Å². The number of benzene rings is 1. The van der Waals surface area contributed by atoms with Crippen LogP contribution in [-0.4, -0.2) is 47.4 Å². The third kappa shape index (κ3) is 2.92. The molecule has 2 heterocycles. The molecule has 3 rings (SSSR count). The van der Waals surface area contributed by atoms with E-state index in [2.05, 4.69) is 15.3 Å². The summed E-state index contributed by atoms with van der Waals surface area (Å²) in [5, 5.41) is 2.80. The number of aryl methyl sites for hydroxylation is 1. The number of likely N-dealkylation sites (N-methyl/N-ethyl adjacent to an activating group) is 1. The maximum Gasteiger partial charge on any atom is 0.318 e. The highest BCUT2D eigenvalue weighted by molar-refractivity contribution is 6.03. The number of carbonyl (C=O) groups excluding carboxylic acids is 2. The van der Waals surface area contributed by atoms with Gasteiger partial charge in [0.25, 0.3) is 5.91 Å². The van der Waals surface area contributed by atoms with E-state index in [-0.39, 0.29) is 17.8 Å². The molecule has 0 fully saturated rings. The highest BCUT2D eigenvalue weighted by atomic mass is 16.5. The molecule has 124 valence electrons. The number of hydrogen-bond acceptors (Lipinski definition) is 5. The Morgan fingerprint density at radius 1 is 1.33 bits per heavy atom. The summed E-state index contributed by atoms with van der Waals surface area (Å²) >= 11 is 0. The van der Waals surface area contributed by atoms with Crippen molar-refractivity contribution in [3.63, 3.8) is 0 Å². The molecule has 0 radical (unpaired) electrons. The minimum atomic E-state index is -0.454. The first kappa shape index (κ1) is 15.9. The van der Waals surface area contributed by atoms with Gasteiger partial charge < -0.3 is 15.0 Å². The molecule has 1 N–H and O–H groups in total. The zero-order chi connectivity index (χ0) is 17.3. The first-order valence-corrected chi connectivity index (χ1v) is 7.54. The van der Waals surface area contributed by atoms with Gasteiger partial charge >= 0.3 is 6.01 Å². The highest BCUT2D eigenvalue weighted by Gasteiger charge is 2.33. The molecule has 2 amide bonds. The van der Waals surface area contributed by atoms with E-state index in [1.54, 1.807) is 37.1 Å². The average molecular weight is 326 g/mol. The minimum Gasteiger partial charge on any atom is -0.467 e. The Morgan fingerprint density at radius 3 is 2.83 bits per heavy atom. The number of aromatic nitrogens is 2. The number of nitrogens with one attached hydrogen (secondary N) is 1. The number of ether oxygens (including phenoxy) is 1. The van der Waals surface area contributed by atoms with E-state index < -0.39 is 5.92 Å². The minimum absolute atomic E-state index is 0.0748. The fourth-order valence-corrected chi connectivity index (χ4v) is 2.79. The van der Waals surface area contributed by atoms with Crippen molar-refractivity contribution in [1.82, 2.24) is 14.9 Å². The molecule has 1 atom stereocenters. The van der Waals surface area contributed by atoms with E-state index in [4.69, 9.17) is 4.74 Å². The Hall–Kier alpha value is -2.96. The van der Waals surface area contributed by atoms with Crippen molar-refractivity contribution in [2.45, 2.75) is 12.8 Å². The maximum atomic E-state index is 12.7. The number of anilines is 1. The SMILES string of the molecule is COc1nc(C)cc(NC(=O)C2CN(C)C(=O)c3ccccc32)n1. The van der Waals surface area contributed by atoms with Gasteiger partial charge in [0.15, 0.2) is 0 Å². The molecule has 1 unspecified atom stereocenters. The number of amides is 2. The molecule has 7 heteroatoms. The van der Waals surface area contributed by atoms with Crippen molar-refractivity contribution in [3.8, 4) is 6.01 Å². The van der Waals surface area contributed by atoms with E-state index >= 15 is 0 Å². The Kier molecular flexibility index (Phi) is 4.16. The van der Waals surface area contributed by atoms with Gasteiger partial charge in [-0.1, -0.05) is 18.2 Å². The summed E-state index contributed by atoms with van der Waals surface area (Å²) in [6.45, 7) is 2.12. The van der Waals surface area contributed by atoms with Crippen molar-refractivity contribution in [2.24, 2.45) is 0 Å². The predicted octanol–water partition coefficient (Wildman–Crippen LogP) is 1.60. The van der Waals surface area contributed by atoms with E-state index in [0.29, 0.717) is 23.6 Å². The third-order valence-corrected chi connectivity index (χ3v) is 3.95. The summed E-state index contributed by atoms with van der Waals surface area (Å²) in [6, 6.07) is 9.05. The molecule has 1 aromatic carbocycles. The highest BCUT2D eigenvalue weighted by Crippen LogP contribution is 2.28. The maximum absolute atomic E-state index is 12.7. The molecule has 1 aliphatic heterocycles. The summed E-state index contributed by atoms with van der Waals surface area (Å²) in [5.41, 5.74) is 1.98. The summed E-state index contributed by atoms with van der Waals surface area (Å²) in [5.74, 6) is -0.372. The number of carbonyl (C=O) groups is 2. The molecule has 0 saturated carbocycles. The third-order valence-electron chi connectivity index (χ3n) is 3.95. The molecular formula is C17H18N4O3. The summed E-state index contributed by atoms with van der Waals surface area (Å²) < 4.78 is 5.02. The van der Waals surface area contributed by atoms with Crippen LogP contribution >= 0.6 is 0 Å². The zero-order valence-corrected chi connectivity index (χ0v) is 13.7. The summed E-state index contributed by atoms with van der Waals surface area (Å²) in [4.78, 5) is 34.7. The fourth-order valence-electron chi connectivity index (χ4n) is 2.79. The van der Waals surface area contributed by atoms with E-state index in [9.17, 15) is 9.59 Å². The van der Waals surface area contributed by atoms with Crippen LogP contribution in [0.3, 0.4) is 0 Å². The molecule has 24 heavy (non-hydrogen) atoms. The van der Waals surface area contributed by atoms with Crippen LogP contribution < -0.4 is 10.1 Å². The van der Waals surface area contributed by atoms with E-state index in [1.165, 1.54) is 7.11 Å². The van der Waals surface area contributed by atoms with Crippen LogP contribution in [0.4, 0.5) is 5.82 Å². The molecular weight excluding hydrogens is 308 g/mol. The van der Waals surface area contributed by atoms with Crippen LogP contribution in [-0.2, 0) is 4.79 Å². The lowest BCUT2D eigenvalue weighted by atomic mass is 9.89. The fraction of sp³-hybridized carbons (Fsp3) is 0.294. The van der Waals surface area contributed by atoms with Gasteiger partial charge in [0, 0.05) is 30.9 Å². The average Bonchev–Trinajstić information content (AvgIpc) is 2.57. The Morgan fingerprint density at radius 2 is 2.08 bits per heavy atom. The predicted molar refractivity (Wildman–Crippen MR) is 88.1 cm³/mol. The standard InChI is InChI=1S/C17H18N4O3/c1-10-8-14(20-17(18-10)24-3)19-15(22)13-9-21(2)16(23)12-7-5-4-6-11(12)13/h4-8,13H,9H2,1-3H3,(H,18,19,20,22). The second kappa shape index (κ2) is 6.27. The van der Waals surface area contributed by atoms with Gasteiger partial charge in [-0.3, -0.25) is 9.59 Å². The number of nitrogens with zero attached hydrogens (tertiary/aromatic N) is 3. The molecule has 1 aliphatic rings. The summed E-state index contributed by atoms with van der Waals surface area (Å²) in [7, 11) is 3.16. The molecule has 7 nitrogen and oxygen atoms in total. The normalized spacial score (nSPS) is 16.5. The lowest BCUT2D eigenvalue weighted by Gasteiger charge is -2.30. The second-order valence-corrected chi connectivity index (χ2v) is 5.70. The number of hydrogen-bond donors (Lipinski definition) is 1. The smallest absolute Gasteiger partial charge is 0.318 e. The second-order valence-electron chi connectivity index (χ2n) is 5.70. The van der Waals surface area contributed by atoms with E-state index in [1.807, 2.05) is 12.1 Å². The molecule has 0 aliphatic carbocycles. The Balaban J connectivity index is 1.89. The van der Waals surface area contributed by atoms with E-state index in [0.717, 1.165) is 5.56 Å². The van der Waals surface area contributed by atoms with Crippen molar-refractivity contribution < 1.29 is 14.3 Å². The molecule has 1 aromatic heterocycles. The van der Waals surface area contributed by atoms with Crippen molar-refractivity contribution in [1.29, 1.82) is 0 Å². The monoisotopic (exact) mass is 326 g/mol. The topological polar surface area (TPSA) is 84.4 Å². The lowest BCUT2D eigenvalue weighted by Crippen LogP contribution is -2.41. The van der Waals surface area contributed by atoms with Gasteiger partial charge in [-0.15, -0.1) is 0 Å². The van der Waals surface area contributed by atoms with Crippen LogP contribution in [0.5, 0.6) is 6.01 Å². The van der Waals surface area contributed by atoms with Crippen molar-refractivity contribution in [3.05, 3.63) is 47.2 Å². The quantitative estimate of drug-likeness (QED) is 0.926. The van der Waals surface area contributed by atoms with Gasteiger partial charge in [0.2, 0.25) is 5.91 Å². The van der Waals surface area contributed by atoms with Crippen molar-refractivity contribution >= 4 is 17.6 Å². The largest absolute Gasteiger partial charge is 0.467 e. The lowest BCUT2D eigenvalue weighted by molar-refractivity contribution is -0.118. The van der Waals surface area contributed by atoms with Crippen LogP contribution in [0.1, 0.15) is 27.5 Å². The van der Waals surface area contributed by atoms with Gasteiger partial charge in [0.05, 0.1) is 13.0 Å². The Bertz CT molecular complexity index is 806. The Labute approximate surface area is 139 Å². The zero-order valence-electron chi connectivity index (χ0n) is 13.7. The van der Waals surface area contributed by atoms with Crippen LogP contribution in [0.25, 0.3) is 0 Å². The van der Waals surface area contributed by atoms with Gasteiger partial charge in [0.1, 0.15) is 5.82 Å². The molecule has 0 saturated heterocycles. The number of fused-ring (bicyclic) bond motifs is 1. The first-order valence-electron chi connectivity index (χ1n) is 7.54. The van der Waals surface area contributed by atoms with Gasteiger partial charge in [-0.2, -0.15) is 4.98 Å².